The monoisotopic (exact) mass is 187 g/mol. The smallest absolute Gasteiger partial charge is 0.191 e. The summed E-state index contributed by atoms with van der Waals surface area (Å²) in [7, 11) is 0. The van der Waals surface area contributed by atoms with Gasteiger partial charge in [-0.1, -0.05) is 30.3 Å². The third-order valence-corrected chi connectivity index (χ3v) is 2.17. The van der Waals surface area contributed by atoms with Crippen molar-refractivity contribution >= 4 is 0 Å². The van der Waals surface area contributed by atoms with Crippen LogP contribution < -0.4 is 0 Å². The van der Waals surface area contributed by atoms with Crippen molar-refractivity contribution in [2.75, 3.05) is 0 Å². The fourth-order valence-corrected chi connectivity index (χ4v) is 1.43. The standard InChI is InChI=1S/C12H13NO/c1-10-13-9-12(14-10)8-7-11-5-3-2-4-6-11/h2-6,9H,7-8H2,1H3. The molecule has 1 aromatic heterocycles. The SMILES string of the molecule is Cc1ncc(CCc2ccccc2)o1. The molecule has 0 fully saturated rings. The summed E-state index contributed by atoms with van der Waals surface area (Å²) in [4.78, 5) is 4.06. The highest BCUT2D eigenvalue weighted by Crippen LogP contribution is 2.07. The molecule has 14 heavy (non-hydrogen) atoms. The third-order valence-electron chi connectivity index (χ3n) is 2.17. The van der Waals surface area contributed by atoms with E-state index in [1.807, 2.05) is 13.0 Å². The Labute approximate surface area is 83.6 Å². The second-order valence-electron chi connectivity index (χ2n) is 3.33. The molecule has 2 aromatic rings. The lowest BCUT2D eigenvalue weighted by atomic mass is 10.1. The number of hydrogen-bond acceptors (Lipinski definition) is 2. The first kappa shape index (κ1) is 9.00. The molecule has 0 amide bonds. The number of hydrogen-bond donors (Lipinski definition) is 0. The van der Waals surface area contributed by atoms with Gasteiger partial charge in [-0.3, -0.25) is 0 Å². The molecule has 2 nitrogen and oxygen atoms in total. The Bertz CT molecular complexity index is 392. The first-order valence-corrected chi connectivity index (χ1v) is 4.80. The molecule has 0 radical (unpaired) electrons. The normalized spacial score (nSPS) is 10.4. The van der Waals surface area contributed by atoms with E-state index in [1.165, 1.54) is 5.56 Å². The Morgan fingerprint density at radius 2 is 1.93 bits per heavy atom. The van der Waals surface area contributed by atoms with Crippen molar-refractivity contribution in [1.82, 2.24) is 4.98 Å². The zero-order chi connectivity index (χ0) is 9.80. The van der Waals surface area contributed by atoms with Gasteiger partial charge in [0.15, 0.2) is 5.89 Å². The largest absolute Gasteiger partial charge is 0.446 e. The summed E-state index contributed by atoms with van der Waals surface area (Å²) in [5.41, 5.74) is 1.33. The number of oxazole rings is 1. The van der Waals surface area contributed by atoms with Gasteiger partial charge in [0.1, 0.15) is 5.76 Å². The highest BCUT2D eigenvalue weighted by molar-refractivity contribution is 5.15. The van der Waals surface area contributed by atoms with Gasteiger partial charge in [0.2, 0.25) is 0 Å². The van der Waals surface area contributed by atoms with E-state index in [2.05, 4.69) is 29.2 Å². The minimum Gasteiger partial charge on any atom is -0.446 e. The van der Waals surface area contributed by atoms with E-state index in [-0.39, 0.29) is 0 Å². The Morgan fingerprint density at radius 3 is 2.57 bits per heavy atom. The predicted molar refractivity (Wildman–Crippen MR) is 55.1 cm³/mol. The second kappa shape index (κ2) is 4.09. The molecule has 0 atom stereocenters. The lowest BCUT2D eigenvalue weighted by Gasteiger charge is -1.97. The van der Waals surface area contributed by atoms with Gasteiger partial charge in [0.05, 0.1) is 6.20 Å². The van der Waals surface area contributed by atoms with Gasteiger partial charge in [-0.2, -0.15) is 0 Å². The first-order chi connectivity index (χ1) is 6.84. The highest BCUT2D eigenvalue weighted by atomic mass is 16.3. The fraction of sp³-hybridized carbons (Fsp3) is 0.250. The first-order valence-electron chi connectivity index (χ1n) is 4.80. The van der Waals surface area contributed by atoms with Crippen molar-refractivity contribution < 1.29 is 4.42 Å². The molecule has 0 bridgehead atoms. The van der Waals surface area contributed by atoms with Crippen LogP contribution in [0.2, 0.25) is 0 Å². The Balaban J connectivity index is 1.95. The highest BCUT2D eigenvalue weighted by Gasteiger charge is 1.99. The number of benzene rings is 1. The molecule has 0 aliphatic rings. The van der Waals surface area contributed by atoms with E-state index in [9.17, 15) is 0 Å². The number of aromatic nitrogens is 1. The van der Waals surface area contributed by atoms with E-state index < -0.39 is 0 Å². The number of aryl methyl sites for hydroxylation is 3. The van der Waals surface area contributed by atoms with Gasteiger partial charge in [0, 0.05) is 13.3 Å². The lowest BCUT2D eigenvalue weighted by molar-refractivity contribution is 0.474. The van der Waals surface area contributed by atoms with Gasteiger partial charge >= 0.3 is 0 Å². The molecule has 0 spiro atoms. The van der Waals surface area contributed by atoms with E-state index in [0.29, 0.717) is 0 Å². The summed E-state index contributed by atoms with van der Waals surface area (Å²) in [6.07, 6.45) is 3.73. The Kier molecular flexibility index (Phi) is 2.63. The number of rotatable bonds is 3. The minimum atomic E-state index is 0.744. The fourth-order valence-electron chi connectivity index (χ4n) is 1.43. The average molecular weight is 187 g/mol. The summed E-state index contributed by atoms with van der Waals surface area (Å²) in [5.74, 6) is 1.71. The van der Waals surface area contributed by atoms with Crippen molar-refractivity contribution in [2.24, 2.45) is 0 Å². The third kappa shape index (κ3) is 2.22. The maximum Gasteiger partial charge on any atom is 0.191 e. The van der Waals surface area contributed by atoms with Crippen molar-refractivity contribution in [1.29, 1.82) is 0 Å². The van der Waals surface area contributed by atoms with Gasteiger partial charge in [-0.15, -0.1) is 0 Å². The van der Waals surface area contributed by atoms with Crippen LogP contribution in [0, 0.1) is 6.92 Å². The van der Waals surface area contributed by atoms with Crippen LogP contribution in [0.15, 0.2) is 40.9 Å². The van der Waals surface area contributed by atoms with Gasteiger partial charge < -0.3 is 4.42 Å². The molecule has 0 saturated carbocycles. The van der Waals surface area contributed by atoms with Gasteiger partial charge in [-0.05, 0) is 12.0 Å². The van der Waals surface area contributed by atoms with Crippen molar-refractivity contribution in [3.63, 3.8) is 0 Å². The van der Waals surface area contributed by atoms with Gasteiger partial charge in [-0.25, -0.2) is 4.98 Å². The average Bonchev–Trinajstić information content (AvgIpc) is 2.63. The summed E-state index contributed by atoms with van der Waals surface area (Å²) in [6, 6.07) is 10.4. The number of nitrogens with zero attached hydrogens (tertiary/aromatic N) is 1. The molecule has 0 N–H and O–H groups in total. The quantitative estimate of drug-likeness (QED) is 0.738. The topological polar surface area (TPSA) is 26.0 Å². The second-order valence-corrected chi connectivity index (χ2v) is 3.33. The van der Waals surface area contributed by atoms with Crippen LogP contribution in [-0.2, 0) is 12.8 Å². The van der Waals surface area contributed by atoms with Crippen LogP contribution in [0.3, 0.4) is 0 Å². The molecule has 0 aliphatic heterocycles. The minimum absolute atomic E-state index is 0.744. The van der Waals surface area contributed by atoms with Crippen LogP contribution >= 0.6 is 0 Å². The summed E-state index contributed by atoms with van der Waals surface area (Å²) in [5, 5.41) is 0. The lowest BCUT2D eigenvalue weighted by Crippen LogP contribution is -1.88. The molecule has 2 heteroatoms. The van der Waals surface area contributed by atoms with Crippen molar-refractivity contribution in [3.8, 4) is 0 Å². The van der Waals surface area contributed by atoms with Crippen LogP contribution in [-0.4, -0.2) is 4.98 Å². The zero-order valence-electron chi connectivity index (χ0n) is 8.23. The molecule has 72 valence electrons. The molecular weight excluding hydrogens is 174 g/mol. The summed E-state index contributed by atoms with van der Waals surface area (Å²) >= 11 is 0. The molecule has 0 unspecified atom stereocenters. The van der Waals surface area contributed by atoms with E-state index >= 15 is 0 Å². The van der Waals surface area contributed by atoms with E-state index in [1.54, 1.807) is 6.20 Å². The maximum atomic E-state index is 5.39. The molecule has 0 aliphatic carbocycles. The van der Waals surface area contributed by atoms with Crippen LogP contribution in [0.25, 0.3) is 0 Å². The van der Waals surface area contributed by atoms with Crippen LogP contribution in [0.5, 0.6) is 0 Å². The molecule has 1 heterocycles. The molecule has 2 rings (SSSR count). The van der Waals surface area contributed by atoms with E-state index in [0.717, 1.165) is 24.5 Å². The molecule has 0 saturated heterocycles. The van der Waals surface area contributed by atoms with E-state index in [4.69, 9.17) is 4.42 Å². The Morgan fingerprint density at radius 1 is 1.14 bits per heavy atom. The Hall–Kier alpha value is -1.57. The maximum absolute atomic E-state index is 5.39. The summed E-state index contributed by atoms with van der Waals surface area (Å²) < 4.78 is 5.39. The van der Waals surface area contributed by atoms with Gasteiger partial charge in [0.25, 0.3) is 0 Å². The molecule has 1 aromatic carbocycles. The predicted octanol–water partition coefficient (Wildman–Crippen LogP) is 2.77. The summed E-state index contributed by atoms with van der Waals surface area (Å²) in [6.45, 7) is 1.87. The zero-order valence-corrected chi connectivity index (χ0v) is 8.23. The van der Waals surface area contributed by atoms with Crippen LogP contribution in [0.4, 0.5) is 0 Å². The molecular formula is C12H13NO. The van der Waals surface area contributed by atoms with Crippen molar-refractivity contribution in [2.45, 2.75) is 19.8 Å². The van der Waals surface area contributed by atoms with Crippen LogP contribution in [0.1, 0.15) is 17.2 Å². The van der Waals surface area contributed by atoms with Crippen molar-refractivity contribution in [3.05, 3.63) is 53.7 Å².